The Bertz CT molecular complexity index is 2500. The van der Waals surface area contributed by atoms with Gasteiger partial charge >= 0.3 is 0 Å². The monoisotopic (exact) mass is 561 g/mol. The van der Waals surface area contributed by atoms with Gasteiger partial charge in [-0.15, -0.1) is 0 Å². The molecule has 0 atom stereocenters. The summed E-state index contributed by atoms with van der Waals surface area (Å²) in [6.45, 7) is 0. The standard InChI is InChI=1S/C42H27NO/c1-2-10-30-25-31(18-17-28(30)9-1)29-19-21-33(22-20-29)43(34-23-24-39-38-15-7-8-16-41(38)44-42(39)27-34)40-26-32-11-3-4-12-35(32)36-13-5-6-14-37(36)40/h1-27H. The maximum atomic E-state index is 6.36. The van der Waals surface area contributed by atoms with E-state index in [1.54, 1.807) is 0 Å². The van der Waals surface area contributed by atoms with Crippen molar-refractivity contribution < 1.29 is 4.42 Å². The van der Waals surface area contributed by atoms with Crippen LogP contribution in [0.15, 0.2) is 168 Å². The van der Waals surface area contributed by atoms with Crippen LogP contribution in [0.25, 0.3) is 65.4 Å². The summed E-state index contributed by atoms with van der Waals surface area (Å²) in [5, 5.41) is 9.67. The number of fused-ring (bicyclic) bond motifs is 7. The second-order valence-electron chi connectivity index (χ2n) is 11.4. The number of anilines is 3. The molecule has 0 unspecified atom stereocenters. The molecule has 8 aromatic carbocycles. The van der Waals surface area contributed by atoms with Gasteiger partial charge in [-0.2, -0.15) is 0 Å². The topological polar surface area (TPSA) is 16.4 Å². The van der Waals surface area contributed by atoms with Crippen molar-refractivity contribution in [3.05, 3.63) is 164 Å². The van der Waals surface area contributed by atoms with Crippen LogP contribution in [0.1, 0.15) is 0 Å². The summed E-state index contributed by atoms with van der Waals surface area (Å²) in [4.78, 5) is 2.37. The van der Waals surface area contributed by atoms with Gasteiger partial charge in [-0.25, -0.2) is 0 Å². The van der Waals surface area contributed by atoms with Gasteiger partial charge in [-0.05, 0) is 80.5 Å². The summed E-state index contributed by atoms with van der Waals surface area (Å²) in [6.07, 6.45) is 0. The van der Waals surface area contributed by atoms with Crippen LogP contribution in [0.4, 0.5) is 17.1 Å². The van der Waals surface area contributed by atoms with E-state index in [-0.39, 0.29) is 0 Å². The highest BCUT2D eigenvalue weighted by atomic mass is 16.3. The SMILES string of the molecule is c1ccc2cc(-c3ccc(N(c4ccc5c(c4)oc4ccccc45)c4cc5ccccc5c5ccccc45)cc3)ccc2c1. The summed E-state index contributed by atoms with van der Waals surface area (Å²) >= 11 is 0. The summed E-state index contributed by atoms with van der Waals surface area (Å²) < 4.78 is 6.36. The van der Waals surface area contributed by atoms with Crippen LogP contribution in [0.3, 0.4) is 0 Å². The molecule has 0 saturated carbocycles. The van der Waals surface area contributed by atoms with Crippen molar-refractivity contribution in [3.8, 4) is 11.1 Å². The molecule has 0 N–H and O–H groups in total. The Morgan fingerprint density at radius 3 is 1.80 bits per heavy atom. The first-order valence-corrected chi connectivity index (χ1v) is 15.0. The van der Waals surface area contributed by atoms with Gasteiger partial charge in [0.25, 0.3) is 0 Å². The molecule has 2 heteroatoms. The van der Waals surface area contributed by atoms with E-state index < -0.39 is 0 Å². The van der Waals surface area contributed by atoms with E-state index in [1.165, 1.54) is 43.4 Å². The van der Waals surface area contributed by atoms with Gasteiger partial charge in [-0.1, -0.05) is 115 Å². The van der Waals surface area contributed by atoms with Crippen molar-refractivity contribution >= 4 is 71.3 Å². The second-order valence-corrected chi connectivity index (χ2v) is 11.4. The zero-order valence-corrected chi connectivity index (χ0v) is 23.9. The molecule has 0 spiro atoms. The molecule has 0 fully saturated rings. The van der Waals surface area contributed by atoms with E-state index in [0.29, 0.717) is 0 Å². The molecule has 2 nitrogen and oxygen atoms in total. The first-order chi connectivity index (χ1) is 21.8. The molecule has 0 aliphatic carbocycles. The zero-order chi connectivity index (χ0) is 29.0. The molecule has 1 aromatic heterocycles. The van der Waals surface area contributed by atoms with Gasteiger partial charge in [0.05, 0.1) is 5.69 Å². The van der Waals surface area contributed by atoms with Crippen LogP contribution in [-0.4, -0.2) is 0 Å². The van der Waals surface area contributed by atoms with Gasteiger partial charge in [0.2, 0.25) is 0 Å². The van der Waals surface area contributed by atoms with Crippen molar-refractivity contribution in [1.29, 1.82) is 0 Å². The van der Waals surface area contributed by atoms with Crippen LogP contribution >= 0.6 is 0 Å². The van der Waals surface area contributed by atoms with E-state index in [0.717, 1.165) is 39.0 Å². The van der Waals surface area contributed by atoms with Gasteiger partial charge in [0.1, 0.15) is 11.2 Å². The molecule has 44 heavy (non-hydrogen) atoms. The van der Waals surface area contributed by atoms with Crippen LogP contribution in [0.2, 0.25) is 0 Å². The Morgan fingerprint density at radius 1 is 0.341 bits per heavy atom. The van der Waals surface area contributed by atoms with Crippen molar-refractivity contribution in [3.63, 3.8) is 0 Å². The number of benzene rings is 8. The van der Waals surface area contributed by atoms with E-state index in [4.69, 9.17) is 4.42 Å². The third kappa shape index (κ3) is 3.96. The van der Waals surface area contributed by atoms with Crippen molar-refractivity contribution in [2.75, 3.05) is 4.90 Å². The smallest absolute Gasteiger partial charge is 0.137 e. The molecular formula is C42H27NO. The maximum Gasteiger partial charge on any atom is 0.137 e. The summed E-state index contributed by atoms with van der Waals surface area (Å²) in [7, 11) is 0. The third-order valence-corrected chi connectivity index (χ3v) is 8.82. The van der Waals surface area contributed by atoms with Gasteiger partial charge < -0.3 is 9.32 Å². The fourth-order valence-electron chi connectivity index (χ4n) is 6.67. The summed E-state index contributed by atoms with van der Waals surface area (Å²) in [5.41, 5.74) is 7.46. The fourth-order valence-corrected chi connectivity index (χ4v) is 6.67. The van der Waals surface area contributed by atoms with Gasteiger partial charge in [-0.3, -0.25) is 0 Å². The predicted molar refractivity (Wildman–Crippen MR) is 186 cm³/mol. The van der Waals surface area contributed by atoms with Crippen molar-refractivity contribution in [2.24, 2.45) is 0 Å². The Kier molecular flexibility index (Phi) is 5.54. The number of hydrogen-bond acceptors (Lipinski definition) is 2. The van der Waals surface area contributed by atoms with E-state index in [2.05, 4.69) is 157 Å². The first-order valence-electron chi connectivity index (χ1n) is 15.0. The highest BCUT2D eigenvalue weighted by Crippen LogP contribution is 2.44. The minimum atomic E-state index is 0.881. The van der Waals surface area contributed by atoms with Crippen LogP contribution in [0, 0.1) is 0 Å². The first kappa shape index (κ1) is 24.7. The molecule has 0 amide bonds. The van der Waals surface area contributed by atoms with E-state index >= 15 is 0 Å². The van der Waals surface area contributed by atoms with E-state index in [1.807, 2.05) is 12.1 Å². The molecule has 206 valence electrons. The quantitative estimate of drug-likeness (QED) is 0.199. The normalized spacial score (nSPS) is 11.6. The van der Waals surface area contributed by atoms with Crippen molar-refractivity contribution in [2.45, 2.75) is 0 Å². The molecule has 1 heterocycles. The lowest BCUT2D eigenvalue weighted by Crippen LogP contribution is -2.10. The Hall–Kier alpha value is -5.86. The molecule has 0 bridgehead atoms. The Balaban J connectivity index is 1.26. The third-order valence-electron chi connectivity index (χ3n) is 8.82. The minimum absolute atomic E-state index is 0.881. The largest absolute Gasteiger partial charge is 0.456 e. The lowest BCUT2D eigenvalue weighted by molar-refractivity contribution is 0.669. The Morgan fingerprint density at radius 2 is 0.955 bits per heavy atom. The van der Waals surface area contributed by atoms with Crippen molar-refractivity contribution in [1.82, 2.24) is 0 Å². The number of rotatable bonds is 4. The summed E-state index contributed by atoms with van der Waals surface area (Å²) in [6, 6.07) is 58.6. The molecule has 0 aliphatic heterocycles. The number of furan rings is 1. The molecule has 0 aliphatic rings. The number of hydrogen-bond donors (Lipinski definition) is 0. The maximum absolute atomic E-state index is 6.36. The fraction of sp³-hybridized carbons (Fsp3) is 0. The van der Waals surface area contributed by atoms with Crippen LogP contribution in [0.5, 0.6) is 0 Å². The highest BCUT2D eigenvalue weighted by Gasteiger charge is 2.19. The molecular weight excluding hydrogens is 534 g/mol. The molecule has 9 aromatic rings. The van der Waals surface area contributed by atoms with Gasteiger partial charge in [0.15, 0.2) is 0 Å². The highest BCUT2D eigenvalue weighted by molar-refractivity contribution is 6.15. The predicted octanol–water partition coefficient (Wildman–Crippen LogP) is 12.2. The van der Waals surface area contributed by atoms with Crippen LogP contribution < -0.4 is 4.90 Å². The molecule has 0 saturated heterocycles. The summed E-state index contributed by atoms with van der Waals surface area (Å²) in [5.74, 6) is 0. The number of nitrogens with zero attached hydrogens (tertiary/aromatic N) is 1. The molecule has 9 rings (SSSR count). The average Bonchev–Trinajstić information content (AvgIpc) is 3.46. The molecule has 0 radical (unpaired) electrons. The van der Waals surface area contributed by atoms with E-state index in [9.17, 15) is 0 Å². The average molecular weight is 562 g/mol. The van der Waals surface area contributed by atoms with Crippen LogP contribution in [-0.2, 0) is 0 Å². The second kappa shape index (κ2) is 9.86. The Labute approximate surface area is 255 Å². The lowest BCUT2D eigenvalue weighted by atomic mass is 9.98. The number of para-hydroxylation sites is 1. The lowest BCUT2D eigenvalue weighted by Gasteiger charge is -2.27. The minimum Gasteiger partial charge on any atom is -0.456 e. The zero-order valence-electron chi connectivity index (χ0n) is 23.9. The van der Waals surface area contributed by atoms with Gasteiger partial charge in [0, 0.05) is 33.6 Å².